The van der Waals surface area contributed by atoms with Crippen LogP contribution in [0, 0.1) is 0 Å². The molecule has 126 valence electrons. The fourth-order valence-electron chi connectivity index (χ4n) is 2.09. The molecule has 0 aliphatic rings. The Morgan fingerprint density at radius 2 is 2.00 bits per heavy atom. The molecule has 0 fully saturated rings. The van der Waals surface area contributed by atoms with Crippen molar-refractivity contribution in [2.75, 3.05) is 0 Å². The SMILES string of the molecule is Oc1[nH]c2ccc(Br)cc2c1N=NC(=S)N/N=C/c1ccccc1Br. The number of hydrogen-bond acceptors (Lipinski definition) is 4. The summed E-state index contributed by atoms with van der Waals surface area (Å²) in [6.07, 6.45) is 1.62. The minimum Gasteiger partial charge on any atom is -0.493 e. The van der Waals surface area contributed by atoms with E-state index in [1.165, 1.54) is 0 Å². The van der Waals surface area contributed by atoms with E-state index < -0.39 is 0 Å². The van der Waals surface area contributed by atoms with E-state index in [1.807, 2.05) is 42.5 Å². The van der Waals surface area contributed by atoms with Crippen LogP contribution in [-0.4, -0.2) is 21.4 Å². The molecule has 0 aliphatic heterocycles. The van der Waals surface area contributed by atoms with Crippen molar-refractivity contribution in [2.45, 2.75) is 0 Å². The second-order valence-electron chi connectivity index (χ2n) is 4.91. The Labute approximate surface area is 165 Å². The lowest BCUT2D eigenvalue weighted by Gasteiger charge is -1.98. The number of nitrogens with one attached hydrogen (secondary N) is 2. The van der Waals surface area contributed by atoms with E-state index in [1.54, 1.807) is 6.21 Å². The third kappa shape index (κ3) is 4.30. The summed E-state index contributed by atoms with van der Waals surface area (Å²) in [7, 11) is 0. The lowest BCUT2D eigenvalue weighted by atomic mass is 10.2. The van der Waals surface area contributed by atoms with Crippen LogP contribution in [0.1, 0.15) is 5.56 Å². The van der Waals surface area contributed by atoms with Crippen molar-refractivity contribution >= 4 is 72.0 Å². The lowest BCUT2D eigenvalue weighted by Crippen LogP contribution is -2.11. The molecule has 3 N–H and O–H groups in total. The minimum atomic E-state index is -0.0728. The van der Waals surface area contributed by atoms with Crippen LogP contribution < -0.4 is 5.43 Å². The van der Waals surface area contributed by atoms with Gasteiger partial charge in [0.1, 0.15) is 0 Å². The van der Waals surface area contributed by atoms with Gasteiger partial charge in [-0.2, -0.15) is 5.10 Å². The number of thiocarbonyl (C=S) groups is 1. The summed E-state index contributed by atoms with van der Waals surface area (Å²) in [6, 6.07) is 13.2. The van der Waals surface area contributed by atoms with Gasteiger partial charge in [0.25, 0.3) is 0 Å². The predicted octanol–water partition coefficient (Wildman–Crippen LogP) is 5.39. The zero-order chi connectivity index (χ0) is 17.8. The Balaban J connectivity index is 1.72. The highest BCUT2D eigenvalue weighted by molar-refractivity contribution is 9.10. The van der Waals surface area contributed by atoms with E-state index >= 15 is 0 Å². The molecule has 0 saturated heterocycles. The largest absolute Gasteiger partial charge is 0.493 e. The van der Waals surface area contributed by atoms with Crippen LogP contribution in [0.15, 0.2) is 66.7 Å². The topological polar surface area (TPSA) is 85.1 Å². The molecule has 1 heterocycles. The second-order valence-corrected chi connectivity index (χ2v) is 7.07. The quantitative estimate of drug-likeness (QED) is 0.203. The first-order chi connectivity index (χ1) is 12.0. The number of aromatic hydroxyl groups is 1. The summed E-state index contributed by atoms with van der Waals surface area (Å²) in [4.78, 5) is 2.83. The monoisotopic (exact) mass is 479 g/mol. The Bertz CT molecular complexity index is 999. The third-order valence-corrected chi connectivity index (χ3v) is 4.61. The molecule has 0 bridgehead atoms. The van der Waals surface area contributed by atoms with Crippen LogP contribution in [0.2, 0.25) is 0 Å². The Morgan fingerprint density at radius 3 is 2.80 bits per heavy atom. The summed E-state index contributed by atoms with van der Waals surface area (Å²) >= 11 is 11.9. The number of nitrogens with zero attached hydrogens (tertiary/aromatic N) is 3. The summed E-state index contributed by atoms with van der Waals surface area (Å²) in [5.41, 5.74) is 4.58. The maximum Gasteiger partial charge on any atom is 0.234 e. The fraction of sp³-hybridized carbons (Fsp3) is 0. The number of benzene rings is 2. The Hall–Kier alpha value is -2.10. The van der Waals surface area contributed by atoms with Crippen molar-refractivity contribution in [1.82, 2.24) is 10.4 Å². The summed E-state index contributed by atoms with van der Waals surface area (Å²) in [5, 5.41) is 22.7. The molecule has 25 heavy (non-hydrogen) atoms. The maximum absolute atomic E-state index is 9.97. The number of aromatic nitrogens is 1. The molecular formula is C16H11Br2N5OS. The van der Waals surface area contributed by atoms with Crippen LogP contribution in [-0.2, 0) is 0 Å². The number of fused-ring (bicyclic) bond motifs is 1. The minimum absolute atomic E-state index is 0.0728. The summed E-state index contributed by atoms with van der Waals surface area (Å²) in [6.45, 7) is 0. The lowest BCUT2D eigenvalue weighted by molar-refractivity contribution is 0.459. The Morgan fingerprint density at radius 1 is 1.20 bits per heavy atom. The average molecular weight is 481 g/mol. The van der Waals surface area contributed by atoms with E-state index in [9.17, 15) is 5.11 Å². The highest BCUT2D eigenvalue weighted by atomic mass is 79.9. The van der Waals surface area contributed by atoms with Gasteiger partial charge in [0.15, 0.2) is 5.69 Å². The predicted molar refractivity (Wildman–Crippen MR) is 110 cm³/mol. The van der Waals surface area contributed by atoms with Gasteiger partial charge in [-0.25, -0.2) is 0 Å². The number of H-pyrrole nitrogens is 1. The van der Waals surface area contributed by atoms with Gasteiger partial charge in [0.2, 0.25) is 11.0 Å². The number of halogens is 2. The third-order valence-electron chi connectivity index (χ3n) is 3.22. The van der Waals surface area contributed by atoms with E-state index in [0.29, 0.717) is 5.69 Å². The number of hydrazone groups is 1. The van der Waals surface area contributed by atoms with Crippen molar-refractivity contribution < 1.29 is 5.11 Å². The summed E-state index contributed by atoms with van der Waals surface area (Å²) < 4.78 is 1.79. The molecule has 3 aromatic rings. The number of rotatable bonds is 3. The zero-order valence-electron chi connectivity index (χ0n) is 12.6. The van der Waals surface area contributed by atoms with E-state index in [4.69, 9.17) is 12.2 Å². The van der Waals surface area contributed by atoms with Gasteiger partial charge < -0.3 is 10.1 Å². The molecule has 0 atom stereocenters. The molecule has 0 radical (unpaired) electrons. The van der Waals surface area contributed by atoms with Gasteiger partial charge in [0, 0.05) is 19.9 Å². The first kappa shape index (κ1) is 17.7. The molecule has 1 aromatic heterocycles. The molecule has 0 amide bonds. The van der Waals surface area contributed by atoms with Crippen molar-refractivity contribution in [2.24, 2.45) is 15.3 Å². The average Bonchev–Trinajstić information content (AvgIpc) is 2.89. The van der Waals surface area contributed by atoms with Crippen LogP contribution >= 0.6 is 44.1 Å². The highest BCUT2D eigenvalue weighted by Crippen LogP contribution is 2.36. The first-order valence-corrected chi connectivity index (χ1v) is 9.03. The molecule has 0 saturated carbocycles. The van der Waals surface area contributed by atoms with Gasteiger partial charge in [-0.15, -0.1) is 10.2 Å². The first-order valence-electron chi connectivity index (χ1n) is 7.04. The number of azo groups is 1. The van der Waals surface area contributed by atoms with Crippen molar-refractivity contribution in [3.05, 3.63) is 57.0 Å². The van der Waals surface area contributed by atoms with Gasteiger partial charge in [-0.3, -0.25) is 5.43 Å². The van der Waals surface area contributed by atoms with Gasteiger partial charge in [0.05, 0.1) is 11.7 Å². The molecular weight excluding hydrogens is 470 g/mol. The number of aromatic amines is 1. The van der Waals surface area contributed by atoms with Crippen LogP contribution in [0.5, 0.6) is 5.88 Å². The number of hydrogen-bond donors (Lipinski definition) is 3. The van der Waals surface area contributed by atoms with Gasteiger partial charge >= 0.3 is 0 Å². The van der Waals surface area contributed by atoms with Crippen molar-refractivity contribution in [3.63, 3.8) is 0 Å². The van der Waals surface area contributed by atoms with Gasteiger partial charge in [-0.1, -0.05) is 50.1 Å². The van der Waals surface area contributed by atoms with Crippen LogP contribution in [0.3, 0.4) is 0 Å². The van der Waals surface area contributed by atoms with E-state index in [0.717, 1.165) is 25.4 Å². The molecule has 0 unspecified atom stereocenters. The normalized spacial score (nSPS) is 11.6. The van der Waals surface area contributed by atoms with Gasteiger partial charge in [-0.05, 0) is 36.5 Å². The van der Waals surface area contributed by atoms with Crippen LogP contribution in [0.4, 0.5) is 5.69 Å². The fourth-order valence-corrected chi connectivity index (χ4v) is 2.93. The molecule has 0 aliphatic carbocycles. The van der Waals surface area contributed by atoms with E-state index in [-0.39, 0.29) is 11.0 Å². The summed E-state index contributed by atoms with van der Waals surface area (Å²) in [5.74, 6) is -0.0728. The molecule has 0 spiro atoms. The zero-order valence-corrected chi connectivity index (χ0v) is 16.6. The standard InChI is InChI=1S/C16H11Br2N5OS/c17-10-5-6-13-11(7-10)14(15(24)20-13)21-23-16(25)22-19-8-9-3-1-2-4-12(9)18/h1-8,20,24H,(H,22,25)/b19-8+,23-21?. The molecule has 2 aromatic carbocycles. The van der Waals surface area contributed by atoms with E-state index in [2.05, 4.69) is 57.6 Å². The van der Waals surface area contributed by atoms with Crippen molar-refractivity contribution in [1.29, 1.82) is 0 Å². The maximum atomic E-state index is 9.97. The smallest absolute Gasteiger partial charge is 0.234 e. The Kier molecular flexibility index (Phi) is 5.57. The van der Waals surface area contributed by atoms with Crippen molar-refractivity contribution in [3.8, 4) is 5.88 Å². The molecule has 6 nitrogen and oxygen atoms in total. The molecule has 9 heteroatoms. The van der Waals surface area contributed by atoms with Crippen LogP contribution in [0.25, 0.3) is 10.9 Å². The highest BCUT2D eigenvalue weighted by Gasteiger charge is 2.10. The molecule has 3 rings (SSSR count). The second kappa shape index (κ2) is 7.85.